The lowest BCUT2D eigenvalue weighted by molar-refractivity contribution is 0.455. The highest BCUT2D eigenvalue weighted by molar-refractivity contribution is 5.73. The van der Waals surface area contributed by atoms with Crippen molar-refractivity contribution < 1.29 is 5.11 Å². The Bertz CT molecular complexity index is 1020. The molecule has 0 saturated heterocycles. The zero-order chi connectivity index (χ0) is 18.1. The molecule has 1 N–H and O–H groups in total. The number of nitrogens with zero attached hydrogens (tertiary/aromatic N) is 3. The molecule has 0 aliphatic heterocycles. The van der Waals surface area contributed by atoms with Gasteiger partial charge >= 0.3 is 0 Å². The van der Waals surface area contributed by atoms with E-state index in [-0.39, 0.29) is 11.7 Å². The normalized spacial score (nSPS) is 12.4. The van der Waals surface area contributed by atoms with E-state index in [9.17, 15) is 5.11 Å². The topological polar surface area (TPSA) is 50.9 Å². The maximum atomic E-state index is 10.9. The lowest BCUT2D eigenvalue weighted by atomic mass is 9.91. The van der Waals surface area contributed by atoms with Crippen LogP contribution in [0.5, 0.6) is 5.75 Å². The van der Waals surface area contributed by atoms with Gasteiger partial charge in [-0.3, -0.25) is 0 Å². The minimum Gasteiger partial charge on any atom is -0.505 e. The Labute approximate surface area is 152 Å². The number of fused-ring (bicyclic) bond motifs is 1. The van der Waals surface area contributed by atoms with Crippen molar-refractivity contribution >= 4 is 11.0 Å². The molecule has 0 amide bonds. The Morgan fingerprint density at radius 2 is 1.54 bits per heavy atom. The van der Waals surface area contributed by atoms with Crippen molar-refractivity contribution in [1.82, 2.24) is 15.0 Å². The molecule has 0 bridgehead atoms. The monoisotopic (exact) mass is 343 g/mol. The van der Waals surface area contributed by atoms with Gasteiger partial charge in [0.25, 0.3) is 0 Å². The van der Waals surface area contributed by atoms with E-state index in [1.54, 1.807) is 0 Å². The fourth-order valence-corrected chi connectivity index (χ4v) is 3.36. The van der Waals surface area contributed by atoms with Crippen LogP contribution in [0.15, 0.2) is 66.7 Å². The number of aromatic nitrogens is 3. The van der Waals surface area contributed by atoms with E-state index in [2.05, 4.69) is 35.3 Å². The smallest absolute Gasteiger partial charge is 0.146 e. The molecule has 1 unspecified atom stereocenters. The molecule has 0 radical (unpaired) electrons. The molecule has 1 heterocycles. The number of hydrogen-bond acceptors (Lipinski definition) is 3. The molecule has 4 heteroatoms. The van der Waals surface area contributed by atoms with Gasteiger partial charge in [0, 0.05) is 0 Å². The van der Waals surface area contributed by atoms with Crippen LogP contribution in [0.2, 0.25) is 0 Å². The van der Waals surface area contributed by atoms with E-state index >= 15 is 0 Å². The number of phenols is 1. The largest absolute Gasteiger partial charge is 0.505 e. The summed E-state index contributed by atoms with van der Waals surface area (Å²) < 4.78 is 0. The zero-order valence-corrected chi connectivity index (χ0v) is 14.9. The first kappa shape index (κ1) is 16.3. The number of aromatic hydroxyl groups is 1. The highest BCUT2D eigenvalue weighted by Gasteiger charge is 2.18. The number of rotatable bonds is 4. The lowest BCUT2D eigenvalue weighted by Gasteiger charge is -2.17. The zero-order valence-electron chi connectivity index (χ0n) is 14.9. The summed E-state index contributed by atoms with van der Waals surface area (Å²) in [6, 6.07) is 22.0. The van der Waals surface area contributed by atoms with Crippen molar-refractivity contribution in [3.8, 4) is 11.4 Å². The lowest BCUT2D eigenvalue weighted by Crippen LogP contribution is -2.05. The van der Waals surface area contributed by atoms with Gasteiger partial charge in [0.05, 0.1) is 0 Å². The fourth-order valence-electron chi connectivity index (χ4n) is 3.36. The second-order valence-electron chi connectivity index (χ2n) is 6.79. The van der Waals surface area contributed by atoms with Crippen molar-refractivity contribution in [3.05, 3.63) is 83.4 Å². The molecule has 0 spiro atoms. The van der Waals surface area contributed by atoms with Gasteiger partial charge in [-0.1, -0.05) is 55.5 Å². The summed E-state index contributed by atoms with van der Waals surface area (Å²) in [6.07, 6.45) is 0.867. The van der Waals surface area contributed by atoms with Crippen LogP contribution in [0, 0.1) is 6.92 Å². The van der Waals surface area contributed by atoms with Crippen LogP contribution in [0.3, 0.4) is 0 Å². The summed E-state index contributed by atoms with van der Waals surface area (Å²) >= 11 is 0. The number of aryl methyl sites for hydroxylation is 1. The van der Waals surface area contributed by atoms with E-state index in [0.29, 0.717) is 5.69 Å². The Balaban J connectivity index is 1.75. The van der Waals surface area contributed by atoms with Gasteiger partial charge < -0.3 is 5.11 Å². The molecule has 1 atom stereocenters. The maximum Gasteiger partial charge on any atom is 0.146 e. The molecule has 130 valence electrons. The van der Waals surface area contributed by atoms with Gasteiger partial charge in [0.2, 0.25) is 0 Å². The molecule has 0 fully saturated rings. The Kier molecular flexibility index (Phi) is 4.17. The third kappa shape index (κ3) is 3.06. The van der Waals surface area contributed by atoms with Crippen LogP contribution < -0.4 is 0 Å². The van der Waals surface area contributed by atoms with Gasteiger partial charge in [0.15, 0.2) is 0 Å². The first-order valence-corrected chi connectivity index (χ1v) is 8.81. The second-order valence-corrected chi connectivity index (χ2v) is 6.79. The van der Waals surface area contributed by atoms with E-state index in [1.807, 2.05) is 55.5 Å². The highest BCUT2D eigenvalue weighted by Crippen LogP contribution is 2.34. The van der Waals surface area contributed by atoms with Crippen LogP contribution in [-0.2, 0) is 6.42 Å². The first-order valence-electron chi connectivity index (χ1n) is 8.81. The quantitative estimate of drug-likeness (QED) is 0.580. The summed E-state index contributed by atoms with van der Waals surface area (Å²) in [4.78, 5) is 1.53. The molecule has 0 aliphatic rings. The Morgan fingerprint density at radius 3 is 2.19 bits per heavy atom. The van der Waals surface area contributed by atoms with E-state index in [1.165, 1.54) is 10.4 Å². The Morgan fingerprint density at radius 1 is 0.923 bits per heavy atom. The fraction of sp³-hybridized carbons (Fsp3) is 0.182. The van der Waals surface area contributed by atoms with Gasteiger partial charge in [-0.25, -0.2) is 0 Å². The predicted molar refractivity (Wildman–Crippen MR) is 104 cm³/mol. The van der Waals surface area contributed by atoms with E-state index in [0.717, 1.165) is 28.6 Å². The molecule has 3 aromatic carbocycles. The van der Waals surface area contributed by atoms with Crippen LogP contribution in [0.1, 0.15) is 29.5 Å². The summed E-state index contributed by atoms with van der Waals surface area (Å²) in [5.41, 5.74) is 5.50. The number of benzene rings is 3. The van der Waals surface area contributed by atoms with Gasteiger partial charge in [-0.2, -0.15) is 0 Å². The third-order valence-corrected chi connectivity index (χ3v) is 4.68. The number of phenolic OH excluding ortho intramolecular Hbond substituents is 1. The molecule has 1 aromatic heterocycles. The molecule has 26 heavy (non-hydrogen) atoms. The molecule has 4 rings (SSSR count). The molecule has 4 nitrogen and oxygen atoms in total. The van der Waals surface area contributed by atoms with Gasteiger partial charge in [-0.15, -0.1) is 15.0 Å². The number of hydrogen-bond donors (Lipinski definition) is 1. The van der Waals surface area contributed by atoms with Crippen molar-refractivity contribution in [2.45, 2.75) is 26.2 Å². The molecular formula is C22H21N3O. The molecule has 0 aliphatic carbocycles. The Hall–Kier alpha value is -3.14. The van der Waals surface area contributed by atoms with Crippen LogP contribution in [-0.4, -0.2) is 20.1 Å². The summed E-state index contributed by atoms with van der Waals surface area (Å²) in [7, 11) is 0. The standard InChI is InChI=1S/C22H21N3O/c1-15-12-18(16(2)14-17-8-4-3-5-9-17)22(26)21(13-15)25-23-19-10-6-7-11-20(19)24-25/h3-13,16,26H,14H2,1-2H3. The van der Waals surface area contributed by atoms with E-state index in [4.69, 9.17) is 0 Å². The highest BCUT2D eigenvalue weighted by atomic mass is 16.3. The van der Waals surface area contributed by atoms with Gasteiger partial charge in [-0.05, 0) is 54.2 Å². The molecule has 0 saturated carbocycles. The SMILES string of the molecule is Cc1cc(C(C)Cc2ccccc2)c(O)c(-n2nc3ccccc3n2)c1. The summed E-state index contributed by atoms with van der Waals surface area (Å²) in [6.45, 7) is 4.17. The van der Waals surface area contributed by atoms with E-state index < -0.39 is 0 Å². The van der Waals surface area contributed by atoms with Crippen molar-refractivity contribution in [1.29, 1.82) is 0 Å². The average molecular weight is 343 g/mol. The van der Waals surface area contributed by atoms with Crippen molar-refractivity contribution in [3.63, 3.8) is 0 Å². The van der Waals surface area contributed by atoms with Crippen molar-refractivity contribution in [2.75, 3.05) is 0 Å². The first-order chi connectivity index (χ1) is 12.6. The van der Waals surface area contributed by atoms with Crippen LogP contribution >= 0.6 is 0 Å². The van der Waals surface area contributed by atoms with Crippen molar-refractivity contribution in [2.24, 2.45) is 0 Å². The second kappa shape index (κ2) is 6.64. The minimum atomic E-state index is 0.182. The predicted octanol–water partition coefficient (Wildman–Crippen LogP) is 4.78. The minimum absolute atomic E-state index is 0.182. The summed E-state index contributed by atoms with van der Waals surface area (Å²) in [5, 5.41) is 20.0. The third-order valence-electron chi connectivity index (χ3n) is 4.68. The van der Waals surface area contributed by atoms with Crippen LogP contribution in [0.25, 0.3) is 16.7 Å². The maximum absolute atomic E-state index is 10.9. The van der Waals surface area contributed by atoms with Gasteiger partial charge in [0.1, 0.15) is 22.5 Å². The molecular weight excluding hydrogens is 322 g/mol. The van der Waals surface area contributed by atoms with Crippen LogP contribution in [0.4, 0.5) is 0 Å². The molecule has 4 aromatic rings. The average Bonchev–Trinajstić information content (AvgIpc) is 3.08. The summed E-state index contributed by atoms with van der Waals surface area (Å²) in [5.74, 6) is 0.431.